The van der Waals surface area contributed by atoms with Gasteiger partial charge in [0.15, 0.2) is 11.8 Å². The Morgan fingerprint density at radius 3 is 1.34 bits per heavy atom. The molecule has 0 aromatic heterocycles. The zero-order valence-corrected chi connectivity index (χ0v) is 19.2. The van der Waals surface area contributed by atoms with Crippen LogP contribution in [0, 0.1) is 0 Å². The first-order chi connectivity index (χ1) is 13.6. The minimum atomic E-state index is -2.56. The van der Waals surface area contributed by atoms with Gasteiger partial charge in [0, 0.05) is 0 Å². The Morgan fingerprint density at radius 1 is 0.724 bits per heavy atom. The van der Waals surface area contributed by atoms with Crippen LogP contribution in [0.25, 0.3) is 0 Å². The SMILES string of the molecule is O=C(CCl)NC(=C(Cl)Cl)[P+](c1ccccc1)(c1ccccc1)c1ccccc1.[Cl-]. The van der Waals surface area contributed by atoms with Crippen LogP contribution >= 0.6 is 42.1 Å². The average molecular weight is 485 g/mol. The Labute approximate surface area is 192 Å². The van der Waals surface area contributed by atoms with E-state index in [1.165, 1.54) is 0 Å². The molecule has 0 fully saturated rings. The van der Waals surface area contributed by atoms with Gasteiger partial charge in [-0.2, -0.15) is 0 Å². The summed E-state index contributed by atoms with van der Waals surface area (Å²) in [7, 11) is -2.56. The van der Waals surface area contributed by atoms with Crippen LogP contribution in [-0.2, 0) is 4.79 Å². The molecule has 1 N–H and O–H groups in total. The van der Waals surface area contributed by atoms with Gasteiger partial charge in [-0.15, -0.1) is 11.6 Å². The lowest BCUT2D eigenvalue weighted by Crippen LogP contribution is -3.00. The second-order valence-electron chi connectivity index (χ2n) is 5.97. The largest absolute Gasteiger partial charge is 1.00 e. The van der Waals surface area contributed by atoms with Gasteiger partial charge in [-0.3, -0.25) is 10.1 Å². The van der Waals surface area contributed by atoms with Crippen LogP contribution in [0.15, 0.2) is 101 Å². The third kappa shape index (κ3) is 4.97. The number of halogens is 4. The summed E-state index contributed by atoms with van der Waals surface area (Å²) in [4.78, 5) is 12.3. The van der Waals surface area contributed by atoms with Crippen LogP contribution in [0.2, 0.25) is 0 Å². The number of amides is 1. The number of carbonyl (C=O) groups is 1. The lowest BCUT2D eigenvalue weighted by Gasteiger charge is -2.29. The summed E-state index contributed by atoms with van der Waals surface area (Å²) in [5.41, 5.74) is 0.477. The van der Waals surface area contributed by atoms with Crippen LogP contribution in [0.4, 0.5) is 0 Å². The van der Waals surface area contributed by atoms with Crippen molar-refractivity contribution < 1.29 is 17.2 Å². The Hall–Kier alpha value is -1.54. The summed E-state index contributed by atoms with van der Waals surface area (Å²) < 4.78 is 0.0170. The summed E-state index contributed by atoms with van der Waals surface area (Å²) in [5.74, 6) is -0.550. The fraction of sp³-hybridized carbons (Fsp3) is 0.0455. The summed E-state index contributed by atoms with van der Waals surface area (Å²) in [6, 6.07) is 29.9. The summed E-state index contributed by atoms with van der Waals surface area (Å²) in [6.45, 7) is 0. The number of alkyl halides is 1. The fourth-order valence-electron chi connectivity index (χ4n) is 3.21. The first-order valence-electron chi connectivity index (χ1n) is 8.58. The molecule has 3 rings (SSSR count). The molecular weight excluding hydrogens is 467 g/mol. The monoisotopic (exact) mass is 483 g/mol. The van der Waals surface area contributed by atoms with Crippen molar-refractivity contribution in [3.63, 3.8) is 0 Å². The summed E-state index contributed by atoms with van der Waals surface area (Å²) in [5, 5.41) is 5.97. The van der Waals surface area contributed by atoms with Crippen molar-refractivity contribution in [1.82, 2.24) is 5.32 Å². The van der Waals surface area contributed by atoms with Crippen LogP contribution in [0.5, 0.6) is 0 Å². The maximum Gasteiger partial charge on any atom is 0.241 e. The van der Waals surface area contributed by atoms with E-state index in [0.717, 1.165) is 15.9 Å². The molecule has 0 aliphatic rings. The molecule has 0 heterocycles. The first kappa shape index (κ1) is 23.7. The number of rotatable bonds is 6. The van der Waals surface area contributed by atoms with Gasteiger partial charge in [0.05, 0.1) is 0 Å². The van der Waals surface area contributed by atoms with E-state index in [1.54, 1.807) is 0 Å². The highest BCUT2D eigenvalue weighted by atomic mass is 35.5. The predicted octanol–water partition coefficient (Wildman–Crippen LogP) is 1.94. The molecular formula is C22H18Cl4NOP. The van der Waals surface area contributed by atoms with E-state index in [0.29, 0.717) is 5.44 Å². The van der Waals surface area contributed by atoms with Gasteiger partial charge in [-0.05, 0) is 36.4 Å². The van der Waals surface area contributed by atoms with Gasteiger partial charge in [0.25, 0.3) is 0 Å². The van der Waals surface area contributed by atoms with Gasteiger partial charge >= 0.3 is 0 Å². The van der Waals surface area contributed by atoms with E-state index in [2.05, 4.69) is 5.32 Å². The lowest BCUT2D eigenvalue weighted by molar-refractivity contribution is -0.117. The van der Waals surface area contributed by atoms with Gasteiger partial charge in [0.1, 0.15) is 21.8 Å². The molecule has 7 heteroatoms. The standard InChI is InChI=1S/C22H17Cl3NOP.ClH/c23-16-20(27)26-22(21(24)25)28(17-10-4-1-5-11-17,18-12-6-2-7-13-18)19-14-8-3-9-15-19;/h1-15H,16H2;1H. The fourth-order valence-corrected chi connectivity index (χ4v) is 8.21. The first-order valence-corrected chi connectivity index (χ1v) is 11.7. The Balaban J connectivity index is 0.00000300. The van der Waals surface area contributed by atoms with E-state index in [1.807, 2.05) is 91.0 Å². The van der Waals surface area contributed by atoms with Crippen molar-refractivity contribution in [3.8, 4) is 0 Å². The molecule has 0 unspecified atom stereocenters. The number of nitrogens with one attached hydrogen (secondary N) is 1. The lowest BCUT2D eigenvalue weighted by atomic mass is 10.4. The molecule has 0 spiro atoms. The summed E-state index contributed by atoms with van der Waals surface area (Å²) in [6.07, 6.45) is 0. The molecule has 0 saturated heterocycles. The smallest absolute Gasteiger partial charge is 0.241 e. The van der Waals surface area contributed by atoms with E-state index in [4.69, 9.17) is 34.8 Å². The van der Waals surface area contributed by atoms with Crippen molar-refractivity contribution in [2.24, 2.45) is 0 Å². The second kappa shape index (κ2) is 11.0. The maximum atomic E-state index is 12.3. The second-order valence-corrected chi connectivity index (χ2v) is 10.5. The van der Waals surface area contributed by atoms with Gasteiger partial charge in [0.2, 0.25) is 11.3 Å². The van der Waals surface area contributed by atoms with Crippen molar-refractivity contribution in [2.45, 2.75) is 0 Å². The predicted molar refractivity (Wildman–Crippen MR) is 123 cm³/mol. The van der Waals surface area contributed by atoms with Crippen LogP contribution in [-0.4, -0.2) is 11.8 Å². The van der Waals surface area contributed by atoms with E-state index >= 15 is 0 Å². The van der Waals surface area contributed by atoms with Crippen LogP contribution < -0.4 is 33.6 Å². The average Bonchev–Trinajstić information content (AvgIpc) is 2.75. The highest BCUT2D eigenvalue weighted by Crippen LogP contribution is 2.62. The van der Waals surface area contributed by atoms with Crippen molar-refractivity contribution in [3.05, 3.63) is 101 Å². The molecule has 1 amide bonds. The molecule has 3 aromatic rings. The topological polar surface area (TPSA) is 29.1 Å². The van der Waals surface area contributed by atoms with Crippen molar-refractivity contribution >= 4 is 63.9 Å². The maximum absolute atomic E-state index is 12.3. The molecule has 150 valence electrons. The summed E-state index contributed by atoms with van der Waals surface area (Å²) >= 11 is 18.6. The normalized spacial score (nSPS) is 10.6. The van der Waals surface area contributed by atoms with Gasteiger partial charge in [-0.1, -0.05) is 77.8 Å². The quantitative estimate of drug-likeness (QED) is 0.420. The third-order valence-electron chi connectivity index (χ3n) is 4.32. The van der Waals surface area contributed by atoms with E-state index in [-0.39, 0.29) is 28.7 Å². The molecule has 0 saturated carbocycles. The molecule has 3 aromatic carbocycles. The van der Waals surface area contributed by atoms with Gasteiger partial charge < -0.3 is 12.4 Å². The minimum absolute atomic E-state index is 0. The van der Waals surface area contributed by atoms with E-state index < -0.39 is 7.26 Å². The zero-order chi connectivity index (χ0) is 20.0. The third-order valence-corrected chi connectivity index (χ3v) is 9.43. The Bertz CT molecular complexity index is 865. The molecule has 0 aliphatic heterocycles. The Kier molecular flexibility index (Phi) is 9.02. The number of carbonyl (C=O) groups excluding carboxylic acids is 1. The molecule has 2 nitrogen and oxygen atoms in total. The minimum Gasteiger partial charge on any atom is -1.00 e. The molecule has 0 atom stereocenters. The van der Waals surface area contributed by atoms with Crippen molar-refractivity contribution in [1.29, 1.82) is 0 Å². The van der Waals surface area contributed by atoms with Crippen LogP contribution in [0.3, 0.4) is 0 Å². The Morgan fingerprint density at radius 2 is 1.07 bits per heavy atom. The van der Waals surface area contributed by atoms with Crippen LogP contribution in [0.1, 0.15) is 0 Å². The highest BCUT2D eigenvalue weighted by molar-refractivity contribution is 7.99. The highest BCUT2D eigenvalue weighted by Gasteiger charge is 2.52. The van der Waals surface area contributed by atoms with Gasteiger partial charge in [-0.25, -0.2) is 0 Å². The number of benzene rings is 3. The van der Waals surface area contributed by atoms with Crippen molar-refractivity contribution in [2.75, 3.05) is 5.88 Å². The molecule has 29 heavy (non-hydrogen) atoms. The molecule has 0 radical (unpaired) electrons. The number of hydrogen-bond acceptors (Lipinski definition) is 1. The molecule has 0 bridgehead atoms. The zero-order valence-electron chi connectivity index (χ0n) is 15.2. The number of hydrogen-bond donors (Lipinski definition) is 1. The molecule has 0 aliphatic carbocycles. The van der Waals surface area contributed by atoms with E-state index in [9.17, 15) is 4.79 Å².